The van der Waals surface area contributed by atoms with Crippen LogP contribution in [-0.4, -0.2) is 39.4 Å². The number of hydrogen-bond donors (Lipinski definition) is 0. The SMILES string of the molecule is CC(C)(C)OC(=O)N(OC(=O)c1ccc(Br)cn1)C(=O)OC(C)(C)C. The van der Waals surface area contributed by atoms with Crippen molar-refractivity contribution in [1.29, 1.82) is 0 Å². The molecule has 9 heteroatoms. The van der Waals surface area contributed by atoms with Crippen molar-refractivity contribution in [2.24, 2.45) is 0 Å². The summed E-state index contributed by atoms with van der Waals surface area (Å²) in [5, 5.41) is 0.141. The van der Waals surface area contributed by atoms with Gasteiger partial charge in [-0.15, -0.1) is 0 Å². The van der Waals surface area contributed by atoms with Gasteiger partial charge in [0.1, 0.15) is 11.2 Å². The van der Waals surface area contributed by atoms with E-state index in [4.69, 9.17) is 14.3 Å². The molecule has 1 aromatic heterocycles. The van der Waals surface area contributed by atoms with Crippen LogP contribution in [0.2, 0.25) is 0 Å². The Kier molecular flexibility index (Phi) is 6.53. The van der Waals surface area contributed by atoms with Crippen LogP contribution in [0.1, 0.15) is 52.0 Å². The third-order valence-electron chi connectivity index (χ3n) is 2.23. The number of hydroxylamine groups is 2. The number of rotatable bonds is 1. The van der Waals surface area contributed by atoms with Crippen LogP contribution in [0.15, 0.2) is 22.8 Å². The summed E-state index contributed by atoms with van der Waals surface area (Å²) in [6, 6.07) is 2.93. The maximum atomic E-state index is 12.2. The first-order valence-corrected chi connectivity index (χ1v) is 8.18. The van der Waals surface area contributed by atoms with E-state index in [0.717, 1.165) is 0 Å². The molecule has 0 N–H and O–H groups in total. The average Bonchev–Trinajstić information content (AvgIpc) is 2.41. The Morgan fingerprint density at radius 3 is 1.80 bits per heavy atom. The monoisotopic (exact) mass is 416 g/mol. The number of pyridine rings is 1. The Bertz CT molecular complexity index is 618. The normalized spacial score (nSPS) is 11.5. The van der Waals surface area contributed by atoms with E-state index in [2.05, 4.69) is 20.9 Å². The molecule has 1 rings (SSSR count). The summed E-state index contributed by atoms with van der Waals surface area (Å²) in [5.41, 5.74) is -1.90. The van der Waals surface area contributed by atoms with Crippen molar-refractivity contribution in [3.63, 3.8) is 0 Å². The van der Waals surface area contributed by atoms with Crippen molar-refractivity contribution >= 4 is 34.1 Å². The maximum Gasteiger partial charge on any atom is 0.454 e. The molecule has 1 aromatic rings. The zero-order valence-corrected chi connectivity index (χ0v) is 16.5. The van der Waals surface area contributed by atoms with Gasteiger partial charge in [-0.2, -0.15) is 0 Å². The van der Waals surface area contributed by atoms with Crippen molar-refractivity contribution in [2.75, 3.05) is 0 Å². The van der Waals surface area contributed by atoms with E-state index in [1.807, 2.05) is 0 Å². The van der Waals surface area contributed by atoms with Crippen molar-refractivity contribution in [3.05, 3.63) is 28.5 Å². The van der Waals surface area contributed by atoms with Gasteiger partial charge in [0.05, 0.1) is 0 Å². The minimum Gasteiger partial charge on any atom is -0.441 e. The van der Waals surface area contributed by atoms with E-state index in [0.29, 0.717) is 4.47 Å². The molecule has 0 spiro atoms. The molecular formula is C16H21BrN2O6. The molecule has 1 heterocycles. The first-order chi connectivity index (χ1) is 11.3. The van der Waals surface area contributed by atoms with E-state index in [-0.39, 0.29) is 10.8 Å². The second-order valence-corrected chi connectivity index (χ2v) is 7.91. The number of halogens is 1. The molecule has 2 amide bonds. The highest BCUT2D eigenvalue weighted by Gasteiger charge is 2.35. The fraction of sp³-hybridized carbons (Fsp3) is 0.500. The van der Waals surface area contributed by atoms with Gasteiger partial charge in [0, 0.05) is 10.7 Å². The fourth-order valence-electron chi connectivity index (χ4n) is 1.38. The van der Waals surface area contributed by atoms with Crippen LogP contribution < -0.4 is 0 Å². The Hall–Kier alpha value is -2.16. The van der Waals surface area contributed by atoms with Gasteiger partial charge in [0.15, 0.2) is 5.69 Å². The Morgan fingerprint density at radius 1 is 0.960 bits per heavy atom. The first kappa shape index (κ1) is 20.9. The van der Waals surface area contributed by atoms with E-state index >= 15 is 0 Å². The van der Waals surface area contributed by atoms with Gasteiger partial charge in [0.2, 0.25) is 0 Å². The molecule has 138 valence electrons. The van der Waals surface area contributed by atoms with Gasteiger partial charge in [-0.05, 0) is 74.7 Å². The maximum absolute atomic E-state index is 12.2. The lowest BCUT2D eigenvalue weighted by molar-refractivity contribution is -0.107. The second kappa shape index (κ2) is 7.81. The molecular weight excluding hydrogens is 396 g/mol. The number of aromatic nitrogens is 1. The molecule has 0 aliphatic rings. The number of imide groups is 1. The summed E-state index contributed by atoms with van der Waals surface area (Å²) in [6.07, 6.45) is -0.971. The highest BCUT2D eigenvalue weighted by atomic mass is 79.9. The predicted octanol–water partition coefficient (Wildman–Crippen LogP) is 4.09. The van der Waals surface area contributed by atoms with Crippen LogP contribution >= 0.6 is 15.9 Å². The van der Waals surface area contributed by atoms with E-state index in [1.54, 1.807) is 47.6 Å². The number of carbonyl (C=O) groups is 3. The summed E-state index contributed by atoms with van der Waals surface area (Å²) in [6.45, 7) is 9.64. The predicted molar refractivity (Wildman–Crippen MR) is 91.7 cm³/mol. The van der Waals surface area contributed by atoms with Gasteiger partial charge in [-0.3, -0.25) is 0 Å². The zero-order valence-electron chi connectivity index (χ0n) is 15.0. The van der Waals surface area contributed by atoms with Gasteiger partial charge in [-0.25, -0.2) is 19.4 Å². The zero-order chi connectivity index (χ0) is 19.4. The number of nitrogens with zero attached hydrogens (tertiary/aromatic N) is 2. The number of amides is 2. The topological polar surface area (TPSA) is 95.0 Å². The average molecular weight is 417 g/mol. The largest absolute Gasteiger partial charge is 0.454 e. The van der Waals surface area contributed by atoms with Gasteiger partial charge in [0.25, 0.3) is 0 Å². The van der Waals surface area contributed by atoms with Crippen LogP contribution in [-0.2, 0) is 14.3 Å². The standard InChI is InChI=1S/C16H21BrN2O6/c1-15(2,3)23-13(21)19(14(22)24-16(4,5)6)25-12(20)11-8-7-10(17)9-18-11/h7-9H,1-6H3. The smallest absolute Gasteiger partial charge is 0.441 e. The summed E-state index contributed by atoms with van der Waals surface area (Å²) in [4.78, 5) is 45.3. The molecule has 0 aliphatic carbocycles. The molecule has 0 aliphatic heterocycles. The lowest BCUT2D eigenvalue weighted by atomic mass is 10.2. The molecule has 0 atom stereocenters. The third-order valence-corrected chi connectivity index (χ3v) is 2.70. The molecule has 0 unspecified atom stereocenters. The molecule has 0 saturated carbocycles. The quantitative estimate of drug-likeness (QED) is 0.635. The van der Waals surface area contributed by atoms with Crippen molar-refractivity contribution < 1.29 is 28.7 Å². The minimum absolute atomic E-state index is 0.0969. The number of ether oxygens (including phenoxy) is 2. The molecule has 0 radical (unpaired) electrons. The van der Waals surface area contributed by atoms with Crippen LogP contribution in [0.4, 0.5) is 9.59 Å². The Labute approximate surface area is 154 Å². The first-order valence-electron chi connectivity index (χ1n) is 7.38. The lowest BCUT2D eigenvalue weighted by Crippen LogP contribution is -2.44. The molecule has 8 nitrogen and oxygen atoms in total. The van der Waals surface area contributed by atoms with Crippen LogP contribution in [0.3, 0.4) is 0 Å². The van der Waals surface area contributed by atoms with Gasteiger partial charge in [-0.1, -0.05) is 0 Å². The summed E-state index contributed by atoms with van der Waals surface area (Å²) in [7, 11) is 0. The number of carbonyl (C=O) groups excluding carboxylic acids is 3. The van der Waals surface area contributed by atoms with Crippen LogP contribution in [0, 0.1) is 0 Å². The second-order valence-electron chi connectivity index (χ2n) is 7.00. The van der Waals surface area contributed by atoms with Gasteiger partial charge < -0.3 is 14.3 Å². The van der Waals surface area contributed by atoms with Crippen molar-refractivity contribution in [2.45, 2.75) is 52.7 Å². The number of hydrogen-bond acceptors (Lipinski definition) is 7. The van der Waals surface area contributed by atoms with Crippen LogP contribution in [0.25, 0.3) is 0 Å². The van der Waals surface area contributed by atoms with E-state index in [9.17, 15) is 14.4 Å². The highest BCUT2D eigenvalue weighted by molar-refractivity contribution is 9.10. The minimum atomic E-state index is -1.17. The molecule has 0 bridgehead atoms. The Balaban J connectivity index is 3.00. The highest BCUT2D eigenvalue weighted by Crippen LogP contribution is 2.16. The van der Waals surface area contributed by atoms with Crippen molar-refractivity contribution in [3.8, 4) is 0 Å². The van der Waals surface area contributed by atoms with Gasteiger partial charge >= 0.3 is 18.2 Å². The molecule has 0 saturated heterocycles. The lowest BCUT2D eigenvalue weighted by Gasteiger charge is -2.27. The molecule has 0 fully saturated rings. The summed E-state index contributed by atoms with van der Waals surface area (Å²) < 4.78 is 10.8. The van der Waals surface area contributed by atoms with Crippen molar-refractivity contribution in [1.82, 2.24) is 10.0 Å². The Morgan fingerprint density at radius 2 is 1.44 bits per heavy atom. The summed E-state index contributed by atoms with van der Waals surface area (Å²) >= 11 is 3.18. The van der Waals surface area contributed by atoms with E-state index in [1.165, 1.54) is 12.3 Å². The van der Waals surface area contributed by atoms with Crippen LogP contribution in [0.5, 0.6) is 0 Å². The molecule has 25 heavy (non-hydrogen) atoms. The summed E-state index contributed by atoms with van der Waals surface area (Å²) in [5.74, 6) is -1.01. The van der Waals surface area contributed by atoms with E-state index < -0.39 is 29.4 Å². The molecule has 0 aromatic carbocycles. The third kappa shape index (κ3) is 7.51. The fourth-order valence-corrected chi connectivity index (χ4v) is 1.62.